The lowest BCUT2D eigenvalue weighted by Gasteiger charge is -2.33. The SMILES string of the molecule is O=C(C[C@H]1C(=O)NCCN1C/C=C/c1ccccc1)NCCCn1ccnc1. The number of aromatic nitrogens is 2. The molecule has 0 unspecified atom stereocenters. The molecule has 1 aliphatic rings. The summed E-state index contributed by atoms with van der Waals surface area (Å²) < 4.78 is 1.97. The molecule has 2 heterocycles. The van der Waals surface area contributed by atoms with Crippen LogP contribution in [-0.2, 0) is 16.1 Å². The first kappa shape index (κ1) is 19.8. The number of nitrogens with zero attached hydrogens (tertiary/aromatic N) is 3. The summed E-state index contributed by atoms with van der Waals surface area (Å²) >= 11 is 0. The summed E-state index contributed by atoms with van der Waals surface area (Å²) in [5, 5.41) is 5.78. The van der Waals surface area contributed by atoms with Crippen molar-refractivity contribution >= 4 is 17.9 Å². The molecule has 7 heteroatoms. The molecule has 1 fully saturated rings. The van der Waals surface area contributed by atoms with Gasteiger partial charge in [0.25, 0.3) is 0 Å². The van der Waals surface area contributed by atoms with Crippen LogP contribution in [0.4, 0.5) is 0 Å². The Morgan fingerprint density at radius 1 is 1.32 bits per heavy atom. The van der Waals surface area contributed by atoms with Crippen molar-refractivity contribution in [1.29, 1.82) is 0 Å². The van der Waals surface area contributed by atoms with Crippen LogP contribution >= 0.6 is 0 Å². The van der Waals surface area contributed by atoms with E-state index in [0.717, 1.165) is 25.1 Å². The van der Waals surface area contributed by atoms with Crippen LogP contribution in [0.1, 0.15) is 18.4 Å². The van der Waals surface area contributed by atoms with E-state index in [1.165, 1.54) is 0 Å². The van der Waals surface area contributed by atoms with Gasteiger partial charge in [-0.3, -0.25) is 14.5 Å². The van der Waals surface area contributed by atoms with Gasteiger partial charge < -0.3 is 15.2 Å². The first-order valence-corrected chi connectivity index (χ1v) is 9.68. The van der Waals surface area contributed by atoms with Gasteiger partial charge in [-0.2, -0.15) is 0 Å². The first-order chi connectivity index (χ1) is 13.7. The molecule has 7 nitrogen and oxygen atoms in total. The second-order valence-corrected chi connectivity index (χ2v) is 6.82. The molecule has 0 saturated carbocycles. The monoisotopic (exact) mass is 381 g/mol. The second kappa shape index (κ2) is 10.4. The summed E-state index contributed by atoms with van der Waals surface area (Å²) in [5.41, 5.74) is 1.12. The number of benzene rings is 1. The van der Waals surface area contributed by atoms with Crippen LogP contribution in [0.5, 0.6) is 0 Å². The van der Waals surface area contributed by atoms with Crippen molar-refractivity contribution in [3.63, 3.8) is 0 Å². The normalized spacial score (nSPS) is 17.6. The van der Waals surface area contributed by atoms with E-state index < -0.39 is 6.04 Å². The van der Waals surface area contributed by atoms with E-state index >= 15 is 0 Å². The highest BCUT2D eigenvalue weighted by atomic mass is 16.2. The zero-order valence-electron chi connectivity index (χ0n) is 16.0. The summed E-state index contributed by atoms with van der Waals surface area (Å²) in [4.78, 5) is 30.6. The van der Waals surface area contributed by atoms with Crippen molar-refractivity contribution in [2.45, 2.75) is 25.4 Å². The molecular formula is C21H27N5O2. The van der Waals surface area contributed by atoms with Crippen LogP contribution in [0.15, 0.2) is 55.1 Å². The van der Waals surface area contributed by atoms with Crippen molar-refractivity contribution in [3.8, 4) is 0 Å². The largest absolute Gasteiger partial charge is 0.356 e. The van der Waals surface area contributed by atoms with Crippen molar-refractivity contribution in [1.82, 2.24) is 25.1 Å². The summed E-state index contributed by atoms with van der Waals surface area (Å²) in [5.74, 6) is -0.169. The lowest BCUT2D eigenvalue weighted by molar-refractivity contribution is -0.133. The number of imidazole rings is 1. The smallest absolute Gasteiger partial charge is 0.237 e. The lowest BCUT2D eigenvalue weighted by Crippen LogP contribution is -2.56. The average Bonchev–Trinajstić information content (AvgIpc) is 3.22. The minimum Gasteiger partial charge on any atom is -0.356 e. The zero-order valence-corrected chi connectivity index (χ0v) is 16.0. The molecule has 0 aliphatic carbocycles. The minimum absolute atomic E-state index is 0.0760. The first-order valence-electron chi connectivity index (χ1n) is 9.68. The molecule has 3 rings (SSSR count). The number of amides is 2. The number of hydrogen-bond donors (Lipinski definition) is 2. The zero-order chi connectivity index (χ0) is 19.6. The van der Waals surface area contributed by atoms with Gasteiger partial charge in [-0.05, 0) is 12.0 Å². The molecule has 0 spiro atoms. The van der Waals surface area contributed by atoms with Gasteiger partial charge >= 0.3 is 0 Å². The minimum atomic E-state index is -0.428. The maximum Gasteiger partial charge on any atom is 0.237 e. The van der Waals surface area contributed by atoms with Crippen LogP contribution in [0.2, 0.25) is 0 Å². The van der Waals surface area contributed by atoms with Gasteiger partial charge in [0.1, 0.15) is 0 Å². The van der Waals surface area contributed by atoms with Crippen molar-refractivity contribution in [3.05, 3.63) is 60.7 Å². The van der Waals surface area contributed by atoms with E-state index in [4.69, 9.17) is 0 Å². The fourth-order valence-electron chi connectivity index (χ4n) is 3.25. The molecule has 1 aromatic carbocycles. The van der Waals surface area contributed by atoms with Gasteiger partial charge in [0.15, 0.2) is 0 Å². The molecule has 1 aromatic heterocycles. The topological polar surface area (TPSA) is 79.3 Å². The standard InChI is InChI=1S/C21H27N5O2/c27-20(23-9-5-12-25-14-10-22-17-25)16-19-21(28)24-11-15-26(19)13-4-8-18-6-2-1-3-7-18/h1-4,6-8,10,14,17,19H,5,9,11-13,15-16H2,(H,23,27)(H,24,28)/b8-4+/t19-/m0/s1. The van der Waals surface area contributed by atoms with Gasteiger partial charge in [-0.25, -0.2) is 4.98 Å². The highest BCUT2D eigenvalue weighted by Crippen LogP contribution is 2.10. The van der Waals surface area contributed by atoms with Crippen LogP contribution in [0.25, 0.3) is 6.08 Å². The molecule has 1 aliphatic heterocycles. The quantitative estimate of drug-likeness (QED) is 0.642. The predicted molar refractivity (Wildman–Crippen MR) is 108 cm³/mol. The van der Waals surface area contributed by atoms with Crippen molar-refractivity contribution in [2.75, 3.05) is 26.2 Å². The highest BCUT2D eigenvalue weighted by Gasteiger charge is 2.30. The third-order valence-corrected chi connectivity index (χ3v) is 4.74. The maximum absolute atomic E-state index is 12.3. The summed E-state index contributed by atoms with van der Waals surface area (Å²) in [6, 6.07) is 9.61. The Bertz CT molecular complexity index is 773. The molecule has 2 N–H and O–H groups in total. The van der Waals surface area contributed by atoms with E-state index in [9.17, 15) is 9.59 Å². The molecule has 1 saturated heterocycles. The van der Waals surface area contributed by atoms with Gasteiger partial charge in [0.05, 0.1) is 18.8 Å². The molecule has 148 valence electrons. The van der Waals surface area contributed by atoms with E-state index in [1.54, 1.807) is 12.5 Å². The third-order valence-electron chi connectivity index (χ3n) is 4.74. The fourth-order valence-corrected chi connectivity index (χ4v) is 3.25. The Kier molecular flexibility index (Phi) is 7.37. The van der Waals surface area contributed by atoms with Gasteiger partial charge in [0.2, 0.25) is 11.8 Å². The van der Waals surface area contributed by atoms with Gasteiger partial charge in [0, 0.05) is 45.1 Å². The third kappa shape index (κ3) is 6.06. The van der Waals surface area contributed by atoms with E-state index in [-0.39, 0.29) is 18.2 Å². The average molecular weight is 381 g/mol. The Hall–Kier alpha value is -2.93. The maximum atomic E-state index is 12.3. The number of aryl methyl sites for hydroxylation is 1. The Morgan fingerprint density at radius 2 is 2.18 bits per heavy atom. The molecule has 28 heavy (non-hydrogen) atoms. The van der Waals surface area contributed by atoms with Crippen LogP contribution in [0.3, 0.4) is 0 Å². The number of carbonyl (C=O) groups is 2. The summed E-state index contributed by atoms with van der Waals surface area (Å²) in [6.45, 7) is 3.38. The van der Waals surface area contributed by atoms with Crippen LogP contribution < -0.4 is 10.6 Å². The van der Waals surface area contributed by atoms with Gasteiger partial charge in [-0.15, -0.1) is 0 Å². The highest BCUT2D eigenvalue weighted by molar-refractivity contribution is 5.88. The molecule has 0 radical (unpaired) electrons. The number of piperazine rings is 1. The second-order valence-electron chi connectivity index (χ2n) is 6.82. The lowest BCUT2D eigenvalue weighted by atomic mass is 10.1. The van der Waals surface area contributed by atoms with E-state index in [0.29, 0.717) is 19.6 Å². The molecule has 2 amide bonds. The van der Waals surface area contributed by atoms with Crippen LogP contribution in [0, 0.1) is 0 Å². The predicted octanol–water partition coefficient (Wildman–Crippen LogP) is 1.29. The molecule has 2 aromatic rings. The van der Waals surface area contributed by atoms with Gasteiger partial charge in [-0.1, -0.05) is 42.5 Å². The number of carbonyl (C=O) groups excluding carboxylic acids is 2. The van der Waals surface area contributed by atoms with Crippen LogP contribution in [-0.4, -0.2) is 58.5 Å². The number of nitrogens with one attached hydrogen (secondary N) is 2. The number of rotatable bonds is 9. The Balaban J connectivity index is 1.45. The fraction of sp³-hybridized carbons (Fsp3) is 0.381. The molecular weight excluding hydrogens is 354 g/mol. The number of hydrogen-bond acceptors (Lipinski definition) is 4. The molecule has 0 bridgehead atoms. The van der Waals surface area contributed by atoms with E-state index in [2.05, 4.69) is 20.5 Å². The van der Waals surface area contributed by atoms with Crippen molar-refractivity contribution in [2.24, 2.45) is 0 Å². The molecule has 1 atom stereocenters. The Morgan fingerprint density at radius 3 is 2.96 bits per heavy atom. The van der Waals surface area contributed by atoms with E-state index in [1.807, 2.05) is 53.2 Å². The van der Waals surface area contributed by atoms with Crippen molar-refractivity contribution < 1.29 is 9.59 Å². The Labute approximate surface area is 165 Å². The summed E-state index contributed by atoms with van der Waals surface area (Å²) in [6.07, 6.45) is 10.5. The summed E-state index contributed by atoms with van der Waals surface area (Å²) in [7, 11) is 0.